The van der Waals surface area contributed by atoms with Crippen LogP contribution >= 0.6 is 0 Å². The van der Waals surface area contributed by atoms with Crippen LogP contribution in [0.25, 0.3) is 0 Å². The summed E-state index contributed by atoms with van der Waals surface area (Å²) >= 11 is 0. The number of hydrogen-bond donors (Lipinski definition) is 6. The van der Waals surface area contributed by atoms with Gasteiger partial charge in [0.25, 0.3) is 0 Å². The van der Waals surface area contributed by atoms with Crippen LogP contribution in [0.5, 0.6) is 0 Å². The largest absolute Gasteiger partial charge is 1.00 e. The van der Waals surface area contributed by atoms with Gasteiger partial charge in [-0.2, -0.15) is 5.06 Å². The van der Waals surface area contributed by atoms with Crippen LogP contribution in [0.15, 0.2) is 0 Å². The first-order chi connectivity index (χ1) is 10.4. The first-order valence-corrected chi connectivity index (χ1v) is 6.52. The van der Waals surface area contributed by atoms with Crippen LogP contribution < -0.4 is 35.3 Å². The van der Waals surface area contributed by atoms with Gasteiger partial charge < -0.3 is 31.4 Å². The molecule has 0 radical (unpaired) electrons. The normalized spacial score (nSPS) is 11.7. The van der Waals surface area contributed by atoms with E-state index in [1.807, 2.05) is 0 Å². The molecule has 0 saturated heterocycles. The number of carboxylic acid groups (broad SMARTS) is 4. The van der Waals surface area contributed by atoms with Gasteiger partial charge in [-0.3, -0.25) is 19.2 Å². The summed E-state index contributed by atoms with van der Waals surface area (Å²) in [5.41, 5.74) is 1.20. The summed E-state index contributed by atoms with van der Waals surface area (Å²) in [6.45, 7) is 1.05. The number of hydrogen-bond acceptors (Lipinski definition) is 7. The molecular weight excluding hydrogens is 339 g/mol. The van der Waals surface area contributed by atoms with E-state index in [0.29, 0.717) is 5.06 Å². The Hall–Kier alpha value is -1.24. The molecule has 0 heterocycles. The van der Waals surface area contributed by atoms with Gasteiger partial charge in [-0.1, -0.05) is 6.92 Å². The maximum absolute atomic E-state index is 11.2. The zero-order valence-electron chi connectivity index (χ0n) is 13.4. The second-order valence-corrected chi connectivity index (χ2v) is 5.19. The third-order valence-electron chi connectivity index (χ3n) is 3.54. The quantitative estimate of drug-likeness (QED) is 0.155. The van der Waals surface area contributed by atoms with Crippen LogP contribution in [0.4, 0.5) is 0 Å². The van der Waals surface area contributed by atoms with E-state index < -0.39 is 60.6 Å². The molecule has 0 aromatic carbocycles. The number of rotatable bonds is 11. The van der Waals surface area contributed by atoms with Gasteiger partial charge in [-0.15, -0.1) is 0 Å². The molecule has 0 aliphatic rings. The van der Waals surface area contributed by atoms with Crippen molar-refractivity contribution in [3.8, 4) is 0 Å². The Kier molecular flexibility index (Phi) is 10.3. The van der Waals surface area contributed by atoms with Gasteiger partial charge in [0.15, 0.2) is 0 Å². The summed E-state index contributed by atoms with van der Waals surface area (Å²) in [6.07, 6.45) is -4.20. The van der Waals surface area contributed by atoms with Crippen molar-refractivity contribution < 1.29 is 74.4 Å². The summed E-state index contributed by atoms with van der Waals surface area (Å²) in [6, 6.07) is 0. The fourth-order valence-electron chi connectivity index (χ4n) is 2.59. The molecule has 0 aliphatic heterocycles. The predicted molar refractivity (Wildman–Crippen MR) is 72.8 cm³/mol. The predicted octanol–water partition coefficient (Wildman–Crippen LogP) is -3.96. The van der Waals surface area contributed by atoms with Crippen LogP contribution in [0, 0.1) is 0 Å². The minimum absolute atomic E-state index is 0. The molecular formula is C12H20N2NaO9+. The molecule has 0 aliphatic carbocycles. The van der Waals surface area contributed by atoms with Gasteiger partial charge in [0, 0.05) is 6.54 Å². The SMILES string of the molecule is CCN(O)C(CC(=O)O)(CC(=O)O)C(N)(CC(=O)O)CC(=O)O.[Na+]. The van der Waals surface area contributed by atoms with E-state index in [1.165, 1.54) is 6.92 Å². The first kappa shape index (κ1) is 25.0. The molecule has 24 heavy (non-hydrogen) atoms. The second-order valence-electron chi connectivity index (χ2n) is 5.19. The van der Waals surface area contributed by atoms with Gasteiger partial charge in [-0.05, 0) is 0 Å². The zero-order chi connectivity index (χ0) is 18.4. The van der Waals surface area contributed by atoms with E-state index in [-0.39, 0.29) is 36.1 Å². The van der Waals surface area contributed by atoms with Crippen molar-refractivity contribution >= 4 is 23.9 Å². The van der Waals surface area contributed by atoms with E-state index in [2.05, 4.69) is 0 Å². The van der Waals surface area contributed by atoms with Crippen molar-refractivity contribution in [2.45, 2.75) is 43.7 Å². The maximum atomic E-state index is 11.2. The summed E-state index contributed by atoms with van der Waals surface area (Å²) in [4.78, 5) is 44.4. The van der Waals surface area contributed by atoms with Crippen LogP contribution in [0.2, 0.25) is 0 Å². The molecule has 0 unspecified atom stereocenters. The van der Waals surface area contributed by atoms with Gasteiger partial charge in [0.1, 0.15) is 0 Å². The smallest absolute Gasteiger partial charge is 0.481 e. The third kappa shape index (κ3) is 6.34. The Morgan fingerprint density at radius 2 is 1.12 bits per heavy atom. The average Bonchev–Trinajstić information content (AvgIpc) is 2.33. The molecule has 0 saturated carbocycles. The summed E-state index contributed by atoms with van der Waals surface area (Å²) in [5.74, 6) is -6.24. The van der Waals surface area contributed by atoms with Crippen molar-refractivity contribution in [1.82, 2.24) is 5.06 Å². The van der Waals surface area contributed by atoms with Crippen molar-refractivity contribution in [3.05, 3.63) is 0 Å². The topological polar surface area (TPSA) is 199 Å². The number of nitrogens with two attached hydrogens (primary N) is 1. The van der Waals surface area contributed by atoms with Crippen LogP contribution in [-0.4, -0.2) is 72.2 Å². The van der Waals surface area contributed by atoms with E-state index in [0.717, 1.165) is 0 Å². The molecule has 0 aromatic rings. The summed E-state index contributed by atoms with van der Waals surface area (Å²) in [7, 11) is 0. The Morgan fingerprint density at radius 3 is 1.33 bits per heavy atom. The molecule has 132 valence electrons. The maximum Gasteiger partial charge on any atom is 1.00 e. The van der Waals surface area contributed by atoms with Crippen LogP contribution in [0.3, 0.4) is 0 Å². The molecule has 0 atom stereocenters. The van der Waals surface area contributed by atoms with Crippen molar-refractivity contribution in [3.63, 3.8) is 0 Å². The summed E-state index contributed by atoms with van der Waals surface area (Å²) in [5, 5.41) is 46.4. The van der Waals surface area contributed by atoms with E-state index in [9.17, 15) is 24.4 Å². The molecule has 0 rings (SSSR count). The molecule has 0 aromatic heterocycles. The van der Waals surface area contributed by atoms with Gasteiger partial charge in [-0.25, -0.2) is 0 Å². The number of hydroxylamine groups is 2. The molecule has 0 spiro atoms. The Morgan fingerprint density at radius 1 is 0.833 bits per heavy atom. The molecule has 7 N–H and O–H groups in total. The minimum atomic E-state index is -2.34. The number of nitrogens with zero attached hydrogens (tertiary/aromatic N) is 1. The Labute approximate surface area is 159 Å². The second kappa shape index (κ2) is 9.91. The van der Waals surface area contributed by atoms with E-state index >= 15 is 0 Å². The fourth-order valence-corrected chi connectivity index (χ4v) is 2.59. The van der Waals surface area contributed by atoms with Crippen molar-refractivity contribution in [1.29, 1.82) is 0 Å². The number of likely N-dealkylation sites (N-methyl/N-ethyl adjacent to an activating group) is 1. The minimum Gasteiger partial charge on any atom is -0.481 e. The van der Waals surface area contributed by atoms with Gasteiger partial charge in [0.2, 0.25) is 0 Å². The van der Waals surface area contributed by atoms with Crippen molar-refractivity contribution in [2.24, 2.45) is 5.73 Å². The zero-order valence-corrected chi connectivity index (χ0v) is 15.4. The van der Waals surface area contributed by atoms with E-state index in [4.69, 9.17) is 26.2 Å². The number of aliphatic carboxylic acids is 4. The fraction of sp³-hybridized carbons (Fsp3) is 0.667. The monoisotopic (exact) mass is 359 g/mol. The van der Waals surface area contributed by atoms with Crippen LogP contribution in [-0.2, 0) is 19.2 Å². The molecule has 0 bridgehead atoms. The molecule has 0 amide bonds. The first-order valence-electron chi connectivity index (χ1n) is 6.52. The van der Waals surface area contributed by atoms with Crippen molar-refractivity contribution in [2.75, 3.05) is 6.54 Å². The third-order valence-corrected chi connectivity index (χ3v) is 3.54. The average molecular weight is 359 g/mol. The van der Waals surface area contributed by atoms with Gasteiger partial charge in [0.05, 0.1) is 36.8 Å². The van der Waals surface area contributed by atoms with Gasteiger partial charge >= 0.3 is 53.4 Å². The standard InChI is InChI=1S/C12H20N2O9.Na/c1-2-14(23)12(5-9(19)20,6-10(21)22)11(13,3-7(15)16)4-8(17)18;/h23H,2-6,13H2,1H3,(H,15,16)(H,17,18)(H,19,20)(H,21,22);/q;+1. The molecule has 12 heteroatoms. The molecule has 0 fully saturated rings. The number of carbonyl (C=O) groups is 4. The molecule has 11 nitrogen and oxygen atoms in total. The van der Waals surface area contributed by atoms with E-state index in [1.54, 1.807) is 0 Å². The Balaban J connectivity index is 0. The number of carboxylic acids is 4. The van der Waals surface area contributed by atoms with Crippen LogP contribution in [0.1, 0.15) is 32.6 Å². The summed E-state index contributed by atoms with van der Waals surface area (Å²) < 4.78 is 0. The Bertz CT molecular complexity index is 465.